The fourth-order valence-electron chi connectivity index (χ4n) is 3.97. The zero-order valence-corrected chi connectivity index (χ0v) is 22.3. The number of carbonyl (C=O) groups is 2. The van der Waals surface area contributed by atoms with Crippen molar-refractivity contribution in [2.45, 2.75) is 116 Å². The van der Waals surface area contributed by atoms with Gasteiger partial charge in [-0.15, -0.1) is 0 Å². The molecule has 0 aliphatic heterocycles. The normalized spacial score (nSPS) is 11.4. The van der Waals surface area contributed by atoms with Gasteiger partial charge in [0.05, 0.1) is 7.11 Å². The zero-order chi connectivity index (χ0) is 25.4. The number of aldehydes is 1. The van der Waals surface area contributed by atoms with Crippen molar-refractivity contribution in [2.75, 3.05) is 7.11 Å². The molecule has 0 aromatic heterocycles. The molecule has 0 amide bonds. The van der Waals surface area contributed by atoms with E-state index < -0.39 is 0 Å². The van der Waals surface area contributed by atoms with Gasteiger partial charge in [-0.1, -0.05) is 95.4 Å². The Morgan fingerprint density at radius 1 is 0.714 bits per heavy atom. The maximum atomic E-state index is 12.0. The quantitative estimate of drug-likeness (QED) is 0.0541. The number of allylic oxidation sites excluding steroid dienone is 4. The second-order valence-electron chi connectivity index (χ2n) is 9.24. The van der Waals surface area contributed by atoms with Gasteiger partial charge in [0.1, 0.15) is 6.29 Å². The number of ether oxygens (including phenoxy) is 2. The van der Waals surface area contributed by atoms with E-state index in [1.807, 2.05) is 0 Å². The lowest BCUT2D eigenvalue weighted by Gasteiger charge is -2.09. The summed E-state index contributed by atoms with van der Waals surface area (Å²) in [4.78, 5) is 22.9. The Morgan fingerprint density at radius 3 is 1.83 bits per heavy atom. The molecule has 0 bridgehead atoms. The van der Waals surface area contributed by atoms with Gasteiger partial charge in [-0.05, 0) is 56.7 Å². The number of hydrogen-bond acceptors (Lipinski definition) is 4. The average molecular weight is 485 g/mol. The smallest absolute Gasteiger partial charge is 0.311 e. The molecule has 1 aromatic rings. The van der Waals surface area contributed by atoms with E-state index in [1.165, 1.54) is 84.2 Å². The summed E-state index contributed by atoms with van der Waals surface area (Å²) >= 11 is 0. The van der Waals surface area contributed by atoms with E-state index in [-0.39, 0.29) is 5.97 Å². The molecule has 0 N–H and O–H groups in total. The number of hydrogen-bond donors (Lipinski definition) is 0. The summed E-state index contributed by atoms with van der Waals surface area (Å²) in [6, 6.07) is 4.75. The number of benzene rings is 1. The molecule has 0 fully saturated rings. The van der Waals surface area contributed by atoms with Gasteiger partial charge in [0.15, 0.2) is 11.5 Å². The average Bonchev–Trinajstić information content (AvgIpc) is 2.87. The van der Waals surface area contributed by atoms with Gasteiger partial charge in [0, 0.05) is 12.0 Å². The highest BCUT2D eigenvalue weighted by Gasteiger charge is 2.10. The zero-order valence-electron chi connectivity index (χ0n) is 22.3. The second kappa shape index (κ2) is 22.1. The number of carbonyl (C=O) groups excluding carboxylic acids is 2. The highest BCUT2D eigenvalue weighted by atomic mass is 16.6. The Labute approximate surface area is 214 Å². The van der Waals surface area contributed by atoms with Crippen LogP contribution in [0.2, 0.25) is 0 Å². The summed E-state index contributed by atoms with van der Waals surface area (Å²) in [5.41, 5.74) is 0.482. The standard InChI is InChI=1S/C31H48O4/c1-3-4-5-6-7-8-9-10-11-12-13-14-15-16-17-18-19-20-21-22-23-31(33)35-29-25-24-28(27-32)26-30(29)34-2/h15-16,19-20,24-27H,3-14,17-18,21-23H2,1-2H3/b16-15-,20-19-. The van der Waals surface area contributed by atoms with Gasteiger partial charge in [-0.25, -0.2) is 0 Å². The molecule has 196 valence electrons. The van der Waals surface area contributed by atoms with Crippen molar-refractivity contribution >= 4 is 12.3 Å². The third-order valence-electron chi connectivity index (χ3n) is 6.11. The minimum atomic E-state index is -0.291. The molecular weight excluding hydrogens is 436 g/mol. The van der Waals surface area contributed by atoms with Crippen molar-refractivity contribution in [1.82, 2.24) is 0 Å². The molecule has 0 saturated carbocycles. The molecule has 4 heteroatoms. The predicted octanol–water partition coefficient (Wildman–Crippen LogP) is 9.18. The molecule has 0 aliphatic carbocycles. The van der Waals surface area contributed by atoms with Crippen LogP contribution in [0.15, 0.2) is 42.5 Å². The van der Waals surface area contributed by atoms with E-state index in [9.17, 15) is 9.59 Å². The maximum Gasteiger partial charge on any atom is 0.311 e. The summed E-state index contributed by atoms with van der Waals surface area (Å²) in [6.07, 6.45) is 30.3. The van der Waals surface area contributed by atoms with Crippen LogP contribution in [0.25, 0.3) is 0 Å². The van der Waals surface area contributed by atoms with Crippen molar-refractivity contribution < 1.29 is 19.1 Å². The first-order valence-corrected chi connectivity index (χ1v) is 13.8. The molecule has 0 heterocycles. The molecule has 0 spiro atoms. The predicted molar refractivity (Wildman–Crippen MR) is 146 cm³/mol. The van der Waals surface area contributed by atoms with Crippen LogP contribution in [0.4, 0.5) is 0 Å². The molecule has 1 aromatic carbocycles. The van der Waals surface area contributed by atoms with Crippen LogP contribution in [0, 0.1) is 0 Å². The molecule has 0 unspecified atom stereocenters. The van der Waals surface area contributed by atoms with Crippen molar-refractivity contribution in [3.8, 4) is 11.5 Å². The molecule has 0 saturated heterocycles. The van der Waals surface area contributed by atoms with Gasteiger partial charge < -0.3 is 9.47 Å². The monoisotopic (exact) mass is 484 g/mol. The van der Waals surface area contributed by atoms with Crippen molar-refractivity contribution in [1.29, 1.82) is 0 Å². The van der Waals surface area contributed by atoms with Gasteiger partial charge in [0.2, 0.25) is 0 Å². The Hall–Kier alpha value is -2.36. The number of unbranched alkanes of at least 4 members (excludes halogenated alkanes) is 13. The molecule has 35 heavy (non-hydrogen) atoms. The topological polar surface area (TPSA) is 52.6 Å². The third-order valence-corrected chi connectivity index (χ3v) is 6.11. The third kappa shape index (κ3) is 16.8. The van der Waals surface area contributed by atoms with E-state index in [0.29, 0.717) is 23.5 Å². The second-order valence-corrected chi connectivity index (χ2v) is 9.24. The maximum absolute atomic E-state index is 12.0. The van der Waals surface area contributed by atoms with E-state index in [4.69, 9.17) is 9.47 Å². The van der Waals surface area contributed by atoms with Crippen molar-refractivity contribution in [2.24, 2.45) is 0 Å². The molecule has 0 aliphatic rings. The van der Waals surface area contributed by atoms with Crippen LogP contribution in [0.5, 0.6) is 11.5 Å². The van der Waals surface area contributed by atoms with Gasteiger partial charge in [-0.3, -0.25) is 9.59 Å². The van der Waals surface area contributed by atoms with Gasteiger partial charge >= 0.3 is 5.97 Å². The molecule has 4 nitrogen and oxygen atoms in total. The Morgan fingerprint density at radius 2 is 1.26 bits per heavy atom. The largest absolute Gasteiger partial charge is 0.493 e. The number of esters is 1. The molecule has 0 radical (unpaired) electrons. The van der Waals surface area contributed by atoms with Crippen LogP contribution < -0.4 is 9.47 Å². The van der Waals surface area contributed by atoms with Crippen LogP contribution in [-0.4, -0.2) is 19.4 Å². The minimum absolute atomic E-state index is 0.291. The van der Waals surface area contributed by atoms with Crippen molar-refractivity contribution in [3.05, 3.63) is 48.1 Å². The highest BCUT2D eigenvalue weighted by Crippen LogP contribution is 2.28. The molecule has 0 atom stereocenters. The fraction of sp³-hybridized carbons (Fsp3) is 0.613. The highest BCUT2D eigenvalue weighted by molar-refractivity contribution is 5.78. The molecular formula is C31H48O4. The Kier molecular flexibility index (Phi) is 19.4. The first-order chi connectivity index (χ1) is 17.2. The summed E-state index contributed by atoms with van der Waals surface area (Å²) in [6.45, 7) is 2.28. The lowest BCUT2D eigenvalue weighted by molar-refractivity contribution is -0.134. The van der Waals surface area contributed by atoms with Gasteiger partial charge in [-0.2, -0.15) is 0 Å². The van der Waals surface area contributed by atoms with Crippen LogP contribution in [0.3, 0.4) is 0 Å². The number of methoxy groups -OCH3 is 1. The lowest BCUT2D eigenvalue weighted by atomic mass is 10.1. The first-order valence-electron chi connectivity index (χ1n) is 13.8. The summed E-state index contributed by atoms with van der Waals surface area (Å²) in [5.74, 6) is 0.443. The summed E-state index contributed by atoms with van der Waals surface area (Å²) < 4.78 is 10.5. The fourth-order valence-corrected chi connectivity index (χ4v) is 3.97. The van der Waals surface area contributed by atoms with E-state index in [2.05, 4.69) is 31.2 Å². The number of rotatable bonds is 22. The molecule has 1 rings (SSSR count). The van der Waals surface area contributed by atoms with E-state index in [0.717, 1.165) is 32.0 Å². The van der Waals surface area contributed by atoms with Crippen molar-refractivity contribution in [3.63, 3.8) is 0 Å². The van der Waals surface area contributed by atoms with Crippen LogP contribution >= 0.6 is 0 Å². The van der Waals surface area contributed by atoms with E-state index >= 15 is 0 Å². The summed E-state index contributed by atoms with van der Waals surface area (Å²) in [7, 11) is 1.49. The summed E-state index contributed by atoms with van der Waals surface area (Å²) in [5, 5.41) is 0. The first kappa shape index (κ1) is 30.7. The minimum Gasteiger partial charge on any atom is -0.493 e. The SMILES string of the molecule is CCCCCCCCCCCCC/C=C\CC/C=C\CCCC(=O)Oc1ccc(C=O)cc1OC. The van der Waals surface area contributed by atoms with E-state index in [1.54, 1.807) is 18.2 Å². The lowest BCUT2D eigenvalue weighted by Crippen LogP contribution is -2.08. The van der Waals surface area contributed by atoms with Gasteiger partial charge in [0.25, 0.3) is 0 Å². The van der Waals surface area contributed by atoms with Crippen LogP contribution in [0.1, 0.15) is 126 Å². The Bertz CT molecular complexity index is 735. The Balaban J connectivity index is 1.95. The van der Waals surface area contributed by atoms with Crippen LogP contribution in [-0.2, 0) is 4.79 Å².